The zero-order chi connectivity index (χ0) is 22.9. The maximum Gasteiger partial charge on any atom is 0.417 e. The van der Waals surface area contributed by atoms with Gasteiger partial charge in [-0.15, -0.1) is 12.4 Å². The highest BCUT2D eigenvalue weighted by Gasteiger charge is 2.35. The molecule has 3 rings (SSSR count). The van der Waals surface area contributed by atoms with Crippen LogP contribution in [0.15, 0.2) is 35.1 Å². The van der Waals surface area contributed by atoms with Gasteiger partial charge in [0.05, 0.1) is 30.9 Å². The van der Waals surface area contributed by atoms with E-state index in [0.29, 0.717) is 0 Å². The number of alkyl halides is 3. The van der Waals surface area contributed by atoms with Gasteiger partial charge in [0.1, 0.15) is 0 Å². The minimum Gasteiger partial charge on any atom is -0.493 e. The van der Waals surface area contributed by atoms with E-state index >= 15 is 0 Å². The Hall–Kier alpha value is -2.83. The fourth-order valence-corrected chi connectivity index (χ4v) is 3.43. The number of hydrogen-bond acceptors (Lipinski definition) is 6. The molecule has 13 heteroatoms. The summed E-state index contributed by atoms with van der Waals surface area (Å²) in [6.07, 6.45) is -4.76. The van der Waals surface area contributed by atoms with Crippen LogP contribution in [0.4, 0.5) is 13.2 Å². The number of rotatable bonds is 6. The summed E-state index contributed by atoms with van der Waals surface area (Å²) in [6.45, 7) is -0.229. The van der Waals surface area contributed by atoms with Crippen LogP contribution in [0.1, 0.15) is 11.1 Å². The fourth-order valence-electron chi connectivity index (χ4n) is 3.15. The van der Waals surface area contributed by atoms with Crippen LogP contribution in [-0.4, -0.2) is 44.2 Å². The van der Waals surface area contributed by atoms with Crippen molar-refractivity contribution in [2.75, 3.05) is 21.3 Å². The Morgan fingerprint density at radius 1 is 1.06 bits per heavy atom. The van der Waals surface area contributed by atoms with E-state index in [1.807, 2.05) is 0 Å². The molecule has 0 aliphatic carbocycles. The van der Waals surface area contributed by atoms with Crippen LogP contribution >= 0.6 is 12.4 Å². The van der Waals surface area contributed by atoms with Crippen molar-refractivity contribution >= 4 is 34.1 Å². The number of methoxy groups -OCH3 is 2. The zero-order valence-corrected chi connectivity index (χ0v) is 18.7. The number of nitrogens with one attached hydrogen (secondary N) is 1. The molecule has 0 saturated carbocycles. The first-order chi connectivity index (χ1) is 14.6. The van der Waals surface area contributed by atoms with Gasteiger partial charge in [-0.3, -0.25) is 4.79 Å². The van der Waals surface area contributed by atoms with Crippen molar-refractivity contribution < 1.29 is 31.1 Å². The number of halogens is 4. The minimum atomic E-state index is -4.76. The molecule has 32 heavy (non-hydrogen) atoms. The van der Waals surface area contributed by atoms with Gasteiger partial charge in [-0.2, -0.15) is 18.3 Å². The average Bonchev–Trinajstić information content (AvgIpc) is 2.72. The number of aromatic nitrogens is 2. The molecule has 0 bridgehead atoms. The lowest BCUT2D eigenvalue weighted by Gasteiger charge is -2.17. The number of H-pyrrole nitrogens is 1. The molecule has 3 aromatic rings. The lowest BCUT2D eigenvalue weighted by molar-refractivity contribution is -0.137. The van der Waals surface area contributed by atoms with E-state index in [9.17, 15) is 26.4 Å². The second-order valence-electron chi connectivity index (χ2n) is 6.59. The van der Waals surface area contributed by atoms with E-state index in [-0.39, 0.29) is 58.0 Å². The van der Waals surface area contributed by atoms with Gasteiger partial charge in [0.15, 0.2) is 11.5 Å². The summed E-state index contributed by atoms with van der Waals surface area (Å²) < 4.78 is 75.0. The van der Waals surface area contributed by atoms with E-state index in [1.165, 1.54) is 45.5 Å². The van der Waals surface area contributed by atoms with Gasteiger partial charge in [-0.05, 0) is 23.8 Å². The van der Waals surface area contributed by atoms with Crippen LogP contribution in [0, 0.1) is 0 Å². The SMILES string of the molecule is COc1cc2c(-c3ccc(CN(C)[SH](=O)=O)cc3C(F)(F)F)n[nH]c(=O)c2cc1OC.Cl. The monoisotopic (exact) mass is 493 g/mol. The summed E-state index contributed by atoms with van der Waals surface area (Å²) in [4.78, 5) is 12.3. The molecular formula is C19H19ClF3N3O5S. The predicted molar refractivity (Wildman–Crippen MR) is 115 cm³/mol. The van der Waals surface area contributed by atoms with Crippen LogP contribution in [-0.2, 0) is 23.6 Å². The number of hydrogen-bond donors (Lipinski definition) is 2. The number of ether oxygens (including phenoxy) is 2. The molecule has 2 aromatic carbocycles. The molecule has 0 aliphatic heterocycles. The molecule has 174 valence electrons. The smallest absolute Gasteiger partial charge is 0.417 e. The zero-order valence-electron chi connectivity index (χ0n) is 17.0. The number of fused-ring (bicyclic) bond motifs is 1. The van der Waals surface area contributed by atoms with Gasteiger partial charge in [-0.1, -0.05) is 12.1 Å². The Bertz CT molecular complexity index is 1270. The first kappa shape index (κ1) is 25.4. The van der Waals surface area contributed by atoms with Crippen LogP contribution in [0.3, 0.4) is 0 Å². The molecule has 0 atom stereocenters. The highest BCUT2D eigenvalue weighted by molar-refractivity contribution is 7.69. The fraction of sp³-hybridized carbons (Fsp3) is 0.263. The third kappa shape index (κ3) is 4.97. The van der Waals surface area contributed by atoms with Crippen molar-refractivity contribution in [3.63, 3.8) is 0 Å². The Kier molecular flexibility index (Phi) is 7.75. The lowest BCUT2D eigenvalue weighted by atomic mass is 9.97. The van der Waals surface area contributed by atoms with Gasteiger partial charge < -0.3 is 9.47 Å². The number of aromatic amines is 1. The summed E-state index contributed by atoms with van der Waals surface area (Å²) in [5.41, 5.74) is -1.87. The van der Waals surface area contributed by atoms with Crippen molar-refractivity contribution in [2.45, 2.75) is 12.7 Å². The summed E-state index contributed by atoms with van der Waals surface area (Å²) in [7, 11) is 1.04. The largest absolute Gasteiger partial charge is 0.493 e. The molecule has 1 heterocycles. The molecule has 1 aromatic heterocycles. The lowest BCUT2D eigenvalue weighted by Crippen LogP contribution is -2.17. The Morgan fingerprint density at radius 2 is 1.66 bits per heavy atom. The maximum atomic E-state index is 13.9. The molecule has 0 fully saturated rings. The highest BCUT2D eigenvalue weighted by Crippen LogP contribution is 2.40. The van der Waals surface area contributed by atoms with Crippen molar-refractivity contribution in [1.82, 2.24) is 14.5 Å². The van der Waals surface area contributed by atoms with Gasteiger partial charge in [-0.25, -0.2) is 17.8 Å². The third-order valence-electron chi connectivity index (χ3n) is 4.63. The van der Waals surface area contributed by atoms with Crippen molar-refractivity contribution in [1.29, 1.82) is 0 Å². The standard InChI is InChI=1S/C19H18F3N3O5S.ClH/c1-25(31(27)28)9-10-4-5-11(14(6-10)19(20,21)22)17-12-7-15(29-2)16(30-3)8-13(12)18(26)24-23-17;/h4-8,31H,9H2,1-3H3,(H,24,26);1H. The number of thiol groups is 1. The molecule has 0 unspecified atom stereocenters. The van der Waals surface area contributed by atoms with Crippen molar-refractivity contribution in [3.05, 3.63) is 51.8 Å². The van der Waals surface area contributed by atoms with E-state index in [4.69, 9.17) is 9.47 Å². The summed E-state index contributed by atoms with van der Waals surface area (Å²) >= 11 is 0. The van der Waals surface area contributed by atoms with E-state index < -0.39 is 28.2 Å². The predicted octanol–water partition coefficient (Wildman–Crippen LogP) is 3.01. The van der Waals surface area contributed by atoms with Crippen LogP contribution < -0.4 is 15.0 Å². The Balaban J connectivity index is 0.00000363. The Labute approximate surface area is 188 Å². The number of nitrogens with zero attached hydrogens (tertiary/aromatic N) is 2. The van der Waals surface area contributed by atoms with Gasteiger partial charge >= 0.3 is 6.18 Å². The summed E-state index contributed by atoms with van der Waals surface area (Å²) in [6, 6.07) is 6.18. The van der Waals surface area contributed by atoms with E-state index in [0.717, 1.165) is 10.4 Å². The quantitative estimate of drug-likeness (QED) is 0.512. The second-order valence-corrected chi connectivity index (χ2v) is 7.74. The van der Waals surface area contributed by atoms with Crippen LogP contribution in [0.2, 0.25) is 0 Å². The average molecular weight is 494 g/mol. The topological polar surface area (TPSA) is 102 Å². The summed E-state index contributed by atoms with van der Waals surface area (Å²) in [5.74, 6) is 0.452. The number of benzene rings is 2. The molecule has 0 spiro atoms. The van der Waals surface area contributed by atoms with Crippen LogP contribution in [0.25, 0.3) is 22.0 Å². The Morgan fingerprint density at radius 3 is 2.19 bits per heavy atom. The van der Waals surface area contributed by atoms with Gasteiger partial charge in [0.2, 0.25) is 10.9 Å². The first-order valence-corrected chi connectivity index (χ1v) is 9.90. The molecule has 0 saturated heterocycles. The maximum absolute atomic E-state index is 13.9. The third-order valence-corrected chi connectivity index (χ3v) is 5.33. The normalized spacial score (nSPS) is 11.6. The molecule has 8 nitrogen and oxygen atoms in total. The molecule has 0 amide bonds. The van der Waals surface area contributed by atoms with Crippen molar-refractivity contribution in [3.8, 4) is 22.8 Å². The second kappa shape index (κ2) is 9.76. The van der Waals surface area contributed by atoms with Crippen molar-refractivity contribution in [2.24, 2.45) is 0 Å². The van der Waals surface area contributed by atoms with Gasteiger partial charge in [0, 0.05) is 24.5 Å². The summed E-state index contributed by atoms with van der Waals surface area (Å²) in [5, 5.41) is 6.28. The molecule has 0 radical (unpaired) electrons. The minimum absolute atomic E-state index is 0. The molecule has 0 aliphatic rings. The highest BCUT2D eigenvalue weighted by atomic mass is 35.5. The van der Waals surface area contributed by atoms with E-state index in [1.54, 1.807) is 0 Å². The molecular weight excluding hydrogens is 475 g/mol. The van der Waals surface area contributed by atoms with E-state index in [2.05, 4.69) is 10.2 Å². The first-order valence-electron chi connectivity index (χ1n) is 8.77. The molecule has 1 N–H and O–H groups in total. The van der Waals surface area contributed by atoms with Crippen LogP contribution in [0.5, 0.6) is 11.5 Å². The van der Waals surface area contributed by atoms with Gasteiger partial charge in [0.25, 0.3) is 5.56 Å².